The van der Waals surface area contributed by atoms with Crippen LogP contribution in [0.5, 0.6) is 0 Å². The van der Waals surface area contributed by atoms with Crippen molar-refractivity contribution in [1.82, 2.24) is 0 Å². The molecule has 0 saturated heterocycles. The van der Waals surface area contributed by atoms with Crippen molar-refractivity contribution >= 4 is 0 Å². The minimum atomic E-state index is 0.389. The van der Waals surface area contributed by atoms with E-state index in [9.17, 15) is 0 Å². The van der Waals surface area contributed by atoms with Crippen LogP contribution in [0.4, 0.5) is 0 Å². The van der Waals surface area contributed by atoms with Crippen LogP contribution in [-0.2, 0) is 0 Å². The lowest BCUT2D eigenvalue weighted by Crippen LogP contribution is -2.23. The van der Waals surface area contributed by atoms with Gasteiger partial charge in [-0.1, -0.05) is 37.3 Å². The van der Waals surface area contributed by atoms with Crippen LogP contribution in [0.2, 0.25) is 0 Å². The fraction of sp³-hybridized carbons (Fsp3) is 0.846. The Labute approximate surface area is 87.8 Å². The van der Waals surface area contributed by atoms with E-state index >= 15 is 0 Å². The summed E-state index contributed by atoms with van der Waals surface area (Å²) in [4.78, 5) is 0. The standard InChI is InChI=1S/C13H23N/c14-13(10-11-8-9-11)12-6-4-2-1-3-5-7-12/h6,11,13H,1-5,7-10,14H2. The van der Waals surface area contributed by atoms with Gasteiger partial charge >= 0.3 is 0 Å². The summed E-state index contributed by atoms with van der Waals surface area (Å²) in [7, 11) is 0. The molecule has 0 radical (unpaired) electrons. The number of hydrogen-bond acceptors (Lipinski definition) is 1. The molecule has 1 heteroatoms. The van der Waals surface area contributed by atoms with Gasteiger partial charge in [-0.15, -0.1) is 0 Å². The van der Waals surface area contributed by atoms with Crippen molar-refractivity contribution in [2.75, 3.05) is 0 Å². The van der Waals surface area contributed by atoms with Crippen LogP contribution in [0.3, 0.4) is 0 Å². The van der Waals surface area contributed by atoms with Gasteiger partial charge < -0.3 is 5.73 Å². The van der Waals surface area contributed by atoms with Crippen molar-refractivity contribution in [3.8, 4) is 0 Å². The molecule has 14 heavy (non-hydrogen) atoms. The minimum Gasteiger partial charge on any atom is -0.324 e. The summed E-state index contributed by atoms with van der Waals surface area (Å²) < 4.78 is 0. The highest BCUT2D eigenvalue weighted by Gasteiger charge is 2.25. The van der Waals surface area contributed by atoms with Crippen LogP contribution in [-0.4, -0.2) is 6.04 Å². The maximum absolute atomic E-state index is 6.24. The molecule has 1 fully saturated rings. The molecule has 2 aliphatic rings. The van der Waals surface area contributed by atoms with Gasteiger partial charge in [-0.3, -0.25) is 0 Å². The predicted molar refractivity (Wildman–Crippen MR) is 61.1 cm³/mol. The van der Waals surface area contributed by atoms with Crippen molar-refractivity contribution in [1.29, 1.82) is 0 Å². The Hall–Kier alpha value is -0.300. The van der Waals surface area contributed by atoms with E-state index in [1.165, 1.54) is 57.8 Å². The van der Waals surface area contributed by atoms with Gasteiger partial charge in [-0.25, -0.2) is 0 Å². The first kappa shape index (κ1) is 10.2. The Bertz CT molecular complexity index is 203. The first-order valence-electron chi connectivity index (χ1n) is 6.31. The number of rotatable bonds is 3. The minimum absolute atomic E-state index is 0.389. The van der Waals surface area contributed by atoms with Gasteiger partial charge in [0.1, 0.15) is 0 Å². The third-order valence-corrected chi connectivity index (χ3v) is 3.59. The number of nitrogens with two attached hydrogens (primary N) is 1. The highest BCUT2D eigenvalue weighted by molar-refractivity contribution is 5.11. The fourth-order valence-corrected chi connectivity index (χ4v) is 2.42. The Morgan fingerprint density at radius 2 is 2.00 bits per heavy atom. The average molecular weight is 193 g/mol. The maximum atomic E-state index is 6.24. The lowest BCUT2D eigenvalue weighted by atomic mass is 9.93. The van der Waals surface area contributed by atoms with E-state index in [1.807, 2.05) is 0 Å². The lowest BCUT2D eigenvalue weighted by Gasteiger charge is -2.18. The Morgan fingerprint density at radius 3 is 2.79 bits per heavy atom. The molecule has 0 aromatic carbocycles. The summed E-state index contributed by atoms with van der Waals surface area (Å²) in [6, 6.07) is 0.389. The van der Waals surface area contributed by atoms with E-state index in [-0.39, 0.29) is 0 Å². The van der Waals surface area contributed by atoms with Gasteiger partial charge in [0.05, 0.1) is 0 Å². The van der Waals surface area contributed by atoms with Gasteiger partial charge in [-0.05, 0) is 38.0 Å². The maximum Gasteiger partial charge on any atom is 0.0256 e. The van der Waals surface area contributed by atoms with Crippen LogP contribution in [0.25, 0.3) is 0 Å². The first-order valence-corrected chi connectivity index (χ1v) is 6.31. The Kier molecular flexibility index (Phi) is 3.63. The summed E-state index contributed by atoms with van der Waals surface area (Å²) in [5.41, 5.74) is 7.81. The van der Waals surface area contributed by atoms with Crippen molar-refractivity contribution in [2.24, 2.45) is 11.7 Å². The molecule has 80 valence electrons. The largest absolute Gasteiger partial charge is 0.324 e. The molecule has 0 aromatic heterocycles. The molecule has 0 amide bonds. The highest BCUT2D eigenvalue weighted by atomic mass is 14.6. The molecule has 2 rings (SSSR count). The lowest BCUT2D eigenvalue weighted by molar-refractivity contribution is 0.563. The van der Waals surface area contributed by atoms with Crippen LogP contribution in [0.15, 0.2) is 11.6 Å². The molecule has 1 atom stereocenters. The molecule has 2 N–H and O–H groups in total. The second kappa shape index (κ2) is 4.97. The molecule has 0 bridgehead atoms. The van der Waals surface area contributed by atoms with Gasteiger partial charge in [-0.2, -0.15) is 0 Å². The summed E-state index contributed by atoms with van der Waals surface area (Å²) in [6.07, 6.45) is 14.7. The van der Waals surface area contributed by atoms with Gasteiger partial charge in [0.2, 0.25) is 0 Å². The molecule has 0 heterocycles. The topological polar surface area (TPSA) is 26.0 Å². The van der Waals surface area contributed by atoms with Crippen LogP contribution in [0.1, 0.15) is 57.8 Å². The number of hydrogen-bond donors (Lipinski definition) is 1. The quantitative estimate of drug-likeness (QED) is 0.683. The smallest absolute Gasteiger partial charge is 0.0256 e. The van der Waals surface area contributed by atoms with Gasteiger partial charge in [0.15, 0.2) is 0 Å². The zero-order valence-electron chi connectivity index (χ0n) is 9.17. The molecule has 0 spiro atoms. The summed E-state index contributed by atoms with van der Waals surface area (Å²) >= 11 is 0. The van der Waals surface area contributed by atoms with Crippen molar-refractivity contribution in [2.45, 2.75) is 63.8 Å². The summed E-state index contributed by atoms with van der Waals surface area (Å²) in [6.45, 7) is 0. The van der Waals surface area contributed by atoms with Gasteiger partial charge in [0, 0.05) is 6.04 Å². The molecule has 0 aliphatic heterocycles. The first-order chi connectivity index (χ1) is 6.86. The van der Waals surface area contributed by atoms with Crippen LogP contribution < -0.4 is 5.73 Å². The SMILES string of the molecule is NC(CC1CC1)C1=CCCCCCC1. The van der Waals surface area contributed by atoms with Crippen molar-refractivity contribution in [3.63, 3.8) is 0 Å². The van der Waals surface area contributed by atoms with E-state index in [0.29, 0.717) is 6.04 Å². The van der Waals surface area contributed by atoms with Crippen LogP contribution >= 0.6 is 0 Å². The molecule has 2 aliphatic carbocycles. The normalized spacial score (nSPS) is 26.2. The molecule has 1 nitrogen and oxygen atoms in total. The van der Waals surface area contributed by atoms with Crippen molar-refractivity contribution in [3.05, 3.63) is 11.6 Å². The van der Waals surface area contributed by atoms with E-state index in [2.05, 4.69) is 6.08 Å². The molecule has 1 unspecified atom stereocenters. The molecule has 0 aromatic rings. The van der Waals surface area contributed by atoms with E-state index in [0.717, 1.165) is 5.92 Å². The second-order valence-corrected chi connectivity index (χ2v) is 5.02. The monoisotopic (exact) mass is 193 g/mol. The van der Waals surface area contributed by atoms with E-state index in [4.69, 9.17) is 5.73 Å². The predicted octanol–water partition coefficient (Wildman–Crippen LogP) is 3.39. The summed E-state index contributed by atoms with van der Waals surface area (Å²) in [5.74, 6) is 0.969. The van der Waals surface area contributed by atoms with E-state index in [1.54, 1.807) is 5.57 Å². The zero-order valence-corrected chi connectivity index (χ0v) is 9.17. The number of allylic oxidation sites excluding steroid dienone is 1. The van der Waals surface area contributed by atoms with Gasteiger partial charge in [0.25, 0.3) is 0 Å². The molecule has 1 saturated carbocycles. The second-order valence-electron chi connectivity index (χ2n) is 5.02. The molecular formula is C13H23N. The molecular weight excluding hydrogens is 170 g/mol. The average Bonchev–Trinajstić information content (AvgIpc) is 2.86. The fourth-order valence-electron chi connectivity index (χ4n) is 2.42. The Balaban J connectivity index is 1.84. The third kappa shape index (κ3) is 3.13. The zero-order chi connectivity index (χ0) is 9.80. The van der Waals surface area contributed by atoms with Crippen LogP contribution in [0, 0.1) is 5.92 Å². The Morgan fingerprint density at radius 1 is 1.21 bits per heavy atom. The van der Waals surface area contributed by atoms with E-state index < -0.39 is 0 Å². The summed E-state index contributed by atoms with van der Waals surface area (Å²) in [5, 5.41) is 0. The third-order valence-electron chi connectivity index (χ3n) is 3.59. The van der Waals surface area contributed by atoms with Crippen molar-refractivity contribution < 1.29 is 0 Å². The highest BCUT2D eigenvalue weighted by Crippen LogP contribution is 2.35.